The first-order chi connectivity index (χ1) is 5.31. The first kappa shape index (κ1) is 10.2. The van der Waals surface area contributed by atoms with Gasteiger partial charge in [-0.3, -0.25) is 0 Å². The van der Waals surface area contributed by atoms with Gasteiger partial charge in [0.15, 0.2) is 0 Å². The molecule has 3 heteroatoms. The third-order valence-electron chi connectivity index (χ3n) is 1.12. The molecule has 0 heterocycles. The fraction of sp³-hybridized carbons (Fsp3) is 0.625. The van der Waals surface area contributed by atoms with Crippen molar-refractivity contribution in [2.45, 2.75) is 19.8 Å². The van der Waals surface area contributed by atoms with Crippen molar-refractivity contribution < 1.29 is 9.53 Å². The summed E-state index contributed by atoms with van der Waals surface area (Å²) >= 11 is 0. The monoisotopic (exact) mass is 157 g/mol. The number of esters is 1. The van der Waals surface area contributed by atoms with E-state index in [1.165, 1.54) is 6.08 Å². The molecule has 2 N–H and O–H groups in total. The van der Waals surface area contributed by atoms with Crippen molar-refractivity contribution in [1.29, 1.82) is 0 Å². The normalized spacial score (nSPS) is 10.4. The van der Waals surface area contributed by atoms with Gasteiger partial charge >= 0.3 is 5.97 Å². The Hall–Kier alpha value is -0.830. The van der Waals surface area contributed by atoms with Crippen LogP contribution in [0.5, 0.6) is 0 Å². The predicted molar refractivity (Wildman–Crippen MR) is 44.1 cm³/mol. The molecule has 11 heavy (non-hydrogen) atoms. The lowest BCUT2D eigenvalue weighted by molar-refractivity contribution is -0.137. The van der Waals surface area contributed by atoms with Gasteiger partial charge in [-0.1, -0.05) is 6.08 Å². The average molecular weight is 157 g/mol. The number of allylic oxidation sites excluding steroid dienone is 1. The number of ether oxygens (including phenoxy) is 1. The van der Waals surface area contributed by atoms with E-state index in [9.17, 15) is 4.79 Å². The zero-order chi connectivity index (χ0) is 8.53. The Bertz CT molecular complexity index is 132. The van der Waals surface area contributed by atoms with Crippen LogP contribution in [0.15, 0.2) is 12.2 Å². The van der Waals surface area contributed by atoms with E-state index in [-0.39, 0.29) is 5.97 Å². The fourth-order valence-electron chi connectivity index (χ4n) is 0.606. The Morgan fingerprint density at radius 3 is 2.91 bits per heavy atom. The predicted octanol–water partition coefficient (Wildman–Crippen LogP) is 0.845. The van der Waals surface area contributed by atoms with Crippen LogP contribution in [0.25, 0.3) is 0 Å². The Morgan fingerprint density at radius 2 is 2.36 bits per heavy atom. The highest BCUT2D eigenvalue weighted by atomic mass is 16.5. The highest BCUT2D eigenvalue weighted by molar-refractivity contribution is 5.81. The molecule has 0 atom stereocenters. The van der Waals surface area contributed by atoms with E-state index < -0.39 is 0 Å². The van der Waals surface area contributed by atoms with Gasteiger partial charge in [0, 0.05) is 6.08 Å². The van der Waals surface area contributed by atoms with Gasteiger partial charge in [0.2, 0.25) is 0 Å². The Morgan fingerprint density at radius 1 is 1.64 bits per heavy atom. The molecule has 0 saturated heterocycles. The number of rotatable bonds is 5. The lowest BCUT2D eigenvalue weighted by Crippen LogP contribution is -1.99. The third kappa shape index (κ3) is 7.06. The first-order valence-corrected chi connectivity index (χ1v) is 3.84. The molecule has 0 saturated carbocycles. The molecule has 3 nitrogen and oxygen atoms in total. The van der Waals surface area contributed by atoms with Crippen LogP contribution in [0, 0.1) is 0 Å². The summed E-state index contributed by atoms with van der Waals surface area (Å²) in [6.45, 7) is 2.87. The second kappa shape index (κ2) is 7.28. The molecule has 0 aliphatic rings. The van der Waals surface area contributed by atoms with Gasteiger partial charge in [0.1, 0.15) is 0 Å². The zero-order valence-electron chi connectivity index (χ0n) is 6.88. The summed E-state index contributed by atoms with van der Waals surface area (Å²) < 4.78 is 4.67. The molecule has 0 rings (SSSR count). The molecular weight excluding hydrogens is 142 g/mol. The zero-order valence-corrected chi connectivity index (χ0v) is 6.88. The molecule has 0 aliphatic carbocycles. The first-order valence-electron chi connectivity index (χ1n) is 3.84. The maximum Gasteiger partial charge on any atom is 0.330 e. The van der Waals surface area contributed by atoms with Crippen molar-refractivity contribution in [3.63, 3.8) is 0 Å². The number of hydrogen-bond donors (Lipinski definition) is 1. The van der Waals surface area contributed by atoms with Crippen LogP contribution in [0.2, 0.25) is 0 Å². The van der Waals surface area contributed by atoms with Crippen molar-refractivity contribution in [1.82, 2.24) is 0 Å². The second-order valence-corrected chi connectivity index (χ2v) is 2.09. The number of unbranched alkanes of at least 4 members (excludes halogenated alkanes) is 1. The van der Waals surface area contributed by atoms with Gasteiger partial charge in [-0.25, -0.2) is 4.79 Å². The molecule has 0 aromatic carbocycles. The minimum absolute atomic E-state index is 0.274. The molecule has 0 radical (unpaired) electrons. The van der Waals surface area contributed by atoms with E-state index in [4.69, 9.17) is 5.73 Å². The summed E-state index contributed by atoms with van der Waals surface area (Å²) in [5.41, 5.74) is 5.25. The van der Waals surface area contributed by atoms with E-state index in [2.05, 4.69) is 4.74 Å². The van der Waals surface area contributed by atoms with Crippen molar-refractivity contribution in [3.05, 3.63) is 12.2 Å². The van der Waals surface area contributed by atoms with Gasteiger partial charge in [-0.05, 0) is 26.3 Å². The molecule has 0 aliphatic heterocycles. The minimum atomic E-state index is -0.274. The maximum atomic E-state index is 10.7. The largest absolute Gasteiger partial charge is 0.463 e. The molecule has 0 spiro atoms. The Kier molecular flexibility index (Phi) is 6.73. The average Bonchev–Trinajstić information content (AvgIpc) is 1.99. The summed E-state index contributed by atoms with van der Waals surface area (Å²) in [6, 6.07) is 0. The van der Waals surface area contributed by atoms with Crippen molar-refractivity contribution in [2.75, 3.05) is 13.2 Å². The number of nitrogens with two attached hydrogens (primary N) is 1. The molecule has 0 bridgehead atoms. The molecular formula is C8H15NO2. The van der Waals surface area contributed by atoms with Gasteiger partial charge in [0.05, 0.1) is 6.61 Å². The van der Waals surface area contributed by atoms with Crippen molar-refractivity contribution in [3.8, 4) is 0 Å². The highest BCUT2D eigenvalue weighted by Gasteiger charge is 1.90. The van der Waals surface area contributed by atoms with Crippen LogP contribution in [-0.2, 0) is 9.53 Å². The highest BCUT2D eigenvalue weighted by Crippen LogP contribution is 1.89. The molecule has 0 unspecified atom stereocenters. The third-order valence-corrected chi connectivity index (χ3v) is 1.12. The Labute approximate surface area is 67.2 Å². The van der Waals surface area contributed by atoms with Crippen molar-refractivity contribution in [2.24, 2.45) is 5.73 Å². The molecule has 0 amide bonds. The van der Waals surface area contributed by atoms with E-state index in [0.29, 0.717) is 13.2 Å². The summed E-state index contributed by atoms with van der Waals surface area (Å²) in [7, 11) is 0. The maximum absolute atomic E-state index is 10.7. The number of hydrogen-bond acceptors (Lipinski definition) is 3. The van der Waals surface area contributed by atoms with Crippen molar-refractivity contribution >= 4 is 5.97 Å². The number of carbonyl (C=O) groups excluding carboxylic acids is 1. The fourth-order valence-corrected chi connectivity index (χ4v) is 0.606. The van der Waals surface area contributed by atoms with Gasteiger partial charge < -0.3 is 10.5 Å². The van der Waals surface area contributed by atoms with E-state index in [1.54, 1.807) is 13.0 Å². The van der Waals surface area contributed by atoms with Crippen LogP contribution in [0.4, 0.5) is 0 Å². The quantitative estimate of drug-likeness (QED) is 0.365. The lowest BCUT2D eigenvalue weighted by Gasteiger charge is -1.93. The van der Waals surface area contributed by atoms with Gasteiger partial charge in [-0.15, -0.1) is 0 Å². The summed E-state index contributed by atoms with van der Waals surface area (Å²) in [5, 5.41) is 0. The smallest absolute Gasteiger partial charge is 0.330 e. The lowest BCUT2D eigenvalue weighted by atomic mass is 10.3. The van der Waals surface area contributed by atoms with E-state index in [0.717, 1.165) is 12.8 Å². The molecule has 0 aromatic rings. The second-order valence-electron chi connectivity index (χ2n) is 2.09. The summed E-state index contributed by atoms with van der Waals surface area (Å²) in [5.74, 6) is -0.274. The van der Waals surface area contributed by atoms with Crippen LogP contribution >= 0.6 is 0 Å². The molecule has 0 fully saturated rings. The molecule has 0 aromatic heterocycles. The summed E-state index contributed by atoms with van der Waals surface area (Å²) in [4.78, 5) is 10.7. The van der Waals surface area contributed by atoms with E-state index in [1.807, 2.05) is 0 Å². The standard InChI is InChI=1S/C8H15NO2/c1-2-11-8(10)6-4-3-5-7-9/h4,6H,2-3,5,7,9H2,1H3/b6-4+. The van der Waals surface area contributed by atoms with Crippen LogP contribution in [-0.4, -0.2) is 19.1 Å². The SMILES string of the molecule is CCOC(=O)/C=C/CCCN. The summed E-state index contributed by atoms with van der Waals surface area (Å²) in [6.07, 6.45) is 4.98. The number of carbonyl (C=O) groups is 1. The van der Waals surface area contributed by atoms with Crippen LogP contribution in [0.3, 0.4) is 0 Å². The van der Waals surface area contributed by atoms with Crippen LogP contribution in [0.1, 0.15) is 19.8 Å². The minimum Gasteiger partial charge on any atom is -0.463 e. The van der Waals surface area contributed by atoms with Crippen LogP contribution < -0.4 is 5.73 Å². The Balaban J connectivity index is 3.32. The van der Waals surface area contributed by atoms with Gasteiger partial charge in [0.25, 0.3) is 0 Å². The topological polar surface area (TPSA) is 52.3 Å². The van der Waals surface area contributed by atoms with E-state index >= 15 is 0 Å². The van der Waals surface area contributed by atoms with Gasteiger partial charge in [-0.2, -0.15) is 0 Å². The molecule has 64 valence electrons.